The molecule has 15 heavy (non-hydrogen) atoms. The van der Waals surface area contributed by atoms with Gasteiger partial charge in [-0.2, -0.15) is 4.68 Å². The summed E-state index contributed by atoms with van der Waals surface area (Å²) in [4.78, 5) is 14.6. The molecule has 0 spiro atoms. The van der Waals surface area contributed by atoms with Gasteiger partial charge in [0, 0.05) is 13.0 Å². The zero-order chi connectivity index (χ0) is 10.7. The molecule has 0 aromatic carbocycles. The van der Waals surface area contributed by atoms with E-state index in [1.165, 1.54) is 24.1 Å². The van der Waals surface area contributed by atoms with Crippen LogP contribution in [-0.4, -0.2) is 31.2 Å². The van der Waals surface area contributed by atoms with Gasteiger partial charge in [0.1, 0.15) is 6.33 Å². The number of esters is 1. The lowest BCUT2D eigenvalue weighted by molar-refractivity contribution is -0.131. The standard InChI is InChI=1S/C8H7N5O2/c1-6(14)15-8-2-7(3-9-4-8)13-5-10-11-12-13/h2-5H,1H3. The number of ether oxygens (including phenoxy) is 1. The highest BCUT2D eigenvalue weighted by molar-refractivity contribution is 5.69. The first kappa shape index (κ1) is 9.25. The molecule has 7 heteroatoms. The second-order valence-corrected chi connectivity index (χ2v) is 2.73. The molecular formula is C8H7N5O2. The SMILES string of the molecule is CC(=O)Oc1cncc(-n2cnnn2)c1. The minimum absolute atomic E-state index is 0.357. The molecule has 0 aliphatic carbocycles. The summed E-state index contributed by atoms with van der Waals surface area (Å²) in [6.07, 6.45) is 4.42. The topological polar surface area (TPSA) is 82.8 Å². The summed E-state index contributed by atoms with van der Waals surface area (Å²) in [6.45, 7) is 1.32. The number of carbonyl (C=O) groups is 1. The zero-order valence-electron chi connectivity index (χ0n) is 7.86. The smallest absolute Gasteiger partial charge is 0.308 e. The van der Waals surface area contributed by atoms with Crippen LogP contribution in [0.25, 0.3) is 5.69 Å². The van der Waals surface area contributed by atoms with Gasteiger partial charge in [0.05, 0.1) is 18.1 Å². The van der Waals surface area contributed by atoms with Crippen molar-refractivity contribution in [2.24, 2.45) is 0 Å². The maximum atomic E-state index is 10.7. The molecule has 0 saturated heterocycles. The predicted octanol–water partition coefficient (Wildman–Crippen LogP) is -0.0174. The Labute approximate surface area is 84.7 Å². The highest BCUT2D eigenvalue weighted by Gasteiger charge is 2.02. The van der Waals surface area contributed by atoms with Gasteiger partial charge in [-0.3, -0.25) is 9.78 Å². The van der Waals surface area contributed by atoms with Crippen LogP contribution in [0.2, 0.25) is 0 Å². The molecule has 2 heterocycles. The molecule has 0 saturated carbocycles. The monoisotopic (exact) mass is 205 g/mol. The molecule has 0 fully saturated rings. The van der Waals surface area contributed by atoms with Crippen molar-refractivity contribution in [3.8, 4) is 11.4 Å². The van der Waals surface area contributed by atoms with E-state index in [1.807, 2.05) is 0 Å². The first-order chi connectivity index (χ1) is 7.25. The Balaban J connectivity index is 2.31. The number of hydrogen-bond acceptors (Lipinski definition) is 6. The molecule has 0 unspecified atom stereocenters. The normalized spacial score (nSPS) is 9.93. The van der Waals surface area contributed by atoms with E-state index in [0.717, 1.165) is 0 Å². The molecule has 7 nitrogen and oxygen atoms in total. The van der Waals surface area contributed by atoms with E-state index >= 15 is 0 Å². The van der Waals surface area contributed by atoms with Gasteiger partial charge in [0.2, 0.25) is 0 Å². The van der Waals surface area contributed by atoms with Gasteiger partial charge in [0.25, 0.3) is 0 Å². The van der Waals surface area contributed by atoms with Crippen molar-refractivity contribution >= 4 is 5.97 Å². The van der Waals surface area contributed by atoms with Crippen molar-refractivity contribution in [1.29, 1.82) is 0 Å². The van der Waals surface area contributed by atoms with Gasteiger partial charge in [-0.1, -0.05) is 0 Å². The fourth-order valence-corrected chi connectivity index (χ4v) is 1.03. The molecule has 0 N–H and O–H groups in total. The molecule has 0 bridgehead atoms. The largest absolute Gasteiger partial charge is 0.425 e. The summed E-state index contributed by atoms with van der Waals surface area (Å²) in [5.74, 6) is -0.0406. The summed E-state index contributed by atoms with van der Waals surface area (Å²) in [6, 6.07) is 1.62. The zero-order valence-corrected chi connectivity index (χ0v) is 7.86. The highest BCUT2D eigenvalue weighted by atomic mass is 16.5. The Hall–Kier alpha value is -2.31. The molecule has 2 rings (SSSR count). The van der Waals surface area contributed by atoms with Crippen molar-refractivity contribution in [1.82, 2.24) is 25.2 Å². The fourth-order valence-electron chi connectivity index (χ4n) is 1.03. The van der Waals surface area contributed by atoms with Gasteiger partial charge in [-0.05, 0) is 10.4 Å². The number of aromatic nitrogens is 5. The van der Waals surface area contributed by atoms with E-state index in [2.05, 4.69) is 20.5 Å². The number of tetrazole rings is 1. The van der Waals surface area contributed by atoms with Crippen LogP contribution in [0.4, 0.5) is 0 Å². The Morgan fingerprint density at radius 3 is 3.00 bits per heavy atom. The predicted molar refractivity (Wildman–Crippen MR) is 48.3 cm³/mol. The third-order valence-corrected chi connectivity index (χ3v) is 1.57. The molecule has 2 aromatic heterocycles. The average Bonchev–Trinajstić information content (AvgIpc) is 2.69. The summed E-state index contributed by atoms with van der Waals surface area (Å²) in [7, 11) is 0. The van der Waals surface area contributed by atoms with E-state index < -0.39 is 5.97 Å². The quantitative estimate of drug-likeness (QED) is 0.641. The molecule has 0 radical (unpaired) electrons. The molecule has 0 aliphatic rings. The molecule has 0 aliphatic heterocycles. The van der Waals surface area contributed by atoms with Gasteiger partial charge in [0.15, 0.2) is 5.75 Å². The Kier molecular flexibility index (Phi) is 2.36. The first-order valence-corrected chi connectivity index (χ1v) is 4.12. The van der Waals surface area contributed by atoms with Crippen molar-refractivity contribution in [3.05, 3.63) is 24.8 Å². The number of carbonyl (C=O) groups excluding carboxylic acids is 1. The minimum atomic E-state index is -0.398. The molecular weight excluding hydrogens is 198 g/mol. The van der Waals surface area contributed by atoms with Crippen LogP contribution in [0.15, 0.2) is 24.8 Å². The maximum Gasteiger partial charge on any atom is 0.308 e. The van der Waals surface area contributed by atoms with Crippen LogP contribution < -0.4 is 4.74 Å². The summed E-state index contributed by atoms with van der Waals surface area (Å²) in [5.41, 5.74) is 0.624. The average molecular weight is 205 g/mol. The summed E-state index contributed by atoms with van der Waals surface area (Å²) < 4.78 is 6.29. The summed E-state index contributed by atoms with van der Waals surface area (Å²) in [5, 5.41) is 10.7. The van der Waals surface area contributed by atoms with Crippen LogP contribution in [0.5, 0.6) is 5.75 Å². The van der Waals surface area contributed by atoms with E-state index in [4.69, 9.17) is 4.74 Å². The molecule has 2 aromatic rings. The number of rotatable bonds is 2. The van der Waals surface area contributed by atoms with Gasteiger partial charge < -0.3 is 4.74 Å². The van der Waals surface area contributed by atoms with Gasteiger partial charge in [-0.15, -0.1) is 5.10 Å². The van der Waals surface area contributed by atoms with Crippen LogP contribution in [-0.2, 0) is 4.79 Å². The van der Waals surface area contributed by atoms with Crippen LogP contribution >= 0.6 is 0 Å². The second kappa shape index (κ2) is 3.82. The van der Waals surface area contributed by atoms with Crippen LogP contribution in [0, 0.1) is 0 Å². The van der Waals surface area contributed by atoms with Crippen LogP contribution in [0.3, 0.4) is 0 Å². The van der Waals surface area contributed by atoms with E-state index in [9.17, 15) is 4.79 Å². The van der Waals surface area contributed by atoms with Crippen molar-refractivity contribution in [2.75, 3.05) is 0 Å². The molecule has 0 atom stereocenters. The van der Waals surface area contributed by atoms with Crippen LogP contribution in [0.1, 0.15) is 6.92 Å². The molecule has 0 amide bonds. The Morgan fingerprint density at radius 1 is 1.47 bits per heavy atom. The van der Waals surface area contributed by atoms with Gasteiger partial charge >= 0.3 is 5.97 Å². The first-order valence-electron chi connectivity index (χ1n) is 4.12. The third kappa shape index (κ3) is 2.13. The second-order valence-electron chi connectivity index (χ2n) is 2.73. The van der Waals surface area contributed by atoms with Crippen molar-refractivity contribution < 1.29 is 9.53 Å². The van der Waals surface area contributed by atoms with E-state index in [0.29, 0.717) is 11.4 Å². The number of pyridine rings is 1. The van der Waals surface area contributed by atoms with Crippen molar-refractivity contribution in [2.45, 2.75) is 6.92 Å². The lowest BCUT2D eigenvalue weighted by atomic mass is 10.4. The van der Waals surface area contributed by atoms with E-state index in [1.54, 1.807) is 12.3 Å². The Morgan fingerprint density at radius 2 is 2.33 bits per heavy atom. The highest BCUT2D eigenvalue weighted by Crippen LogP contribution is 2.13. The number of nitrogens with zero attached hydrogens (tertiary/aromatic N) is 5. The van der Waals surface area contributed by atoms with Gasteiger partial charge in [-0.25, -0.2) is 0 Å². The third-order valence-electron chi connectivity index (χ3n) is 1.57. The minimum Gasteiger partial charge on any atom is -0.425 e. The number of hydrogen-bond donors (Lipinski definition) is 0. The molecule has 76 valence electrons. The van der Waals surface area contributed by atoms with Crippen molar-refractivity contribution in [3.63, 3.8) is 0 Å². The lowest BCUT2D eigenvalue weighted by Gasteiger charge is -2.02. The lowest BCUT2D eigenvalue weighted by Crippen LogP contribution is -2.03. The fraction of sp³-hybridized carbons (Fsp3) is 0.125. The summed E-state index contributed by atoms with van der Waals surface area (Å²) >= 11 is 0. The maximum absolute atomic E-state index is 10.7. The Bertz CT molecular complexity index is 468. The van der Waals surface area contributed by atoms with E-state index in [-0.39, 0.29) is 0 Å².